The summed E-state index contributed by atoms with van der Waals surface area (Å²) in [5, 5.41) is 4.33. The highest BCUT2D eigenvalue weighted by Gasteiger charge is 2.30. The van der Waals surface area contributed by atoms with Crippen molar-refractivity contribution in [1.29, 1.82) is 0 Å². The van der Waals surface area contributed by atoms with Gasteiger partial charge in [-0.1, -0.05) is 18.2 Å². The normalized spacial score (nSPS) is 11.5. The van der Waals surface area contributed by atoms with Gasteiger partial charge in [0.05, 0.1) is 5.69 Å². The molecular formula is C16H13F3N4O. The van der Waals surface area contributed by atoms with Crippen LogP contribution in [0.25, 0.3) is 17.1 Å². The van der Waals surface area contributed by atoms with E-state index in [1.807, 2.05) is 24.3 Å². The Morgan fingerprint density at radius 1 is 1.08 bits per heavy atom. The van der Waals surface area contributed by atoms with Gasteiger partial charge in [0.15, 0.2) is 5.82 Å². The summed E-state index contributed by atoms with van der Waals surface area (Å²) in [6.07, 6.45) is -3.22. The predicted octanol–water partition coefficient (Wildman–Crippen LogP) is 3.29. The van der Waals surface area contributed by atoms with Gasteiger partial charge >= 0.3 is 6.36 Å². The van der Waals surface area contributed by atoms with Crippen LogP contribution in [-0.4, -0.2) is 21.1 Å². The van der Waals surface area contributed by atoms with E-state index in [9.17, 15) is 13.2 Å². The fourth-order valence-electron chi connectivity index (χ4n) is 2.16. The van der Waals surface area contributed by atoms with Gasteiger partial charge in [-0.25, -0.2) is 9.67 Å². The Labute approximate surface area is 135 Å². The van der Waals surface area contributed by atoms with Crippen LogP contribution in [0.4, 0.5) is 13.2 Å². The first-order chi connectivity index (χ1) is 11.4. The van der Waals surface area contributed by atoms with Crippen LogP contribution < -0.4 is 10.5 Å². The molecule has 3 aromatic rings. The molecule has 0 bridgehead atoms. The van der Waals surface area contributed by atoms with Crippen LogP contribution in [0.5, 0.6) is 5.75 Å². The second-order valence-corrected chi connectivity index (χ2v) is 4.96. The van der Waals surface area contributed by atoms with Crippen LogP contribution in [0.1, 0.15) is 5.56 Å². The SMILES string of the molecule is NCc1cccc(-c2ncn(-c3ccc(OC(F)(F)F)cc3)n2)c1. The van der Waals surface area contributed by atoms with Gasteiger partial charge < -0.3 is 10.5 Å². The molecule has 0 fully saturated rings. The molecule has 0 radical (unpaired) electrons. The summed E-state index contributed by atoms with van der Waals surface area (Å²) in [6, 6.07) is 12.9. The molecule has 1 heterocycles. The second-order valence-electron chi connectivity index (χ2n) is 4.96. The third-order valence-electron chi connectivity index (χ3n) is 3.25. The van der Waals surface area contributed by atoms with Gasteiger partial charge in [-0.05, 0) is 35.9 Å². The van der Waals surface area contributed by atoms with Gasteiger partial charge in [0.25, 0.3) is 0 Å². The maximum Gasteiger partial charge on any atom is 0.573 e. The lowest BCUT2D eigenvalue weighted by Crippen LogP contribution is -2.17. The molecule has 0 spiro atoms. The highest BCUT2D eigenvalue weighted by atomic mass is 19.4. The third kappa shape index (κ3) is 3.72. The monoisotopic (exact) mass is 334 g/mol. The van der Waals surface area contributed by atoms with E-state index >= 15 is 0 Å². The summed E-state index contributed by atoms with van der Waals surface area (Å²) in [5.41, 5.74) is 7.95. The molecule has 1 aromatic heterocycles. The smallest absolute Gasteiger partial charge is 0.406 e. The Balaban J connectivity index is 1.82. The highest BCUT2D eigenvalue weighted by Crippen LogP contribution is 2.24. The zero-order chi connectivity index (χ0) is 17.2. The summed E-state index contributed by atoms with van der Waals surface area (Å²) >= 11 is 0. The Morgan fingerprint density at radius 2 is 1.83 bits per heavy atom. The molecule has 3 rings (SSSR count). The summed E-state index contributed by atoms with van der Waals surface area (Å²) in [7, 11) is 0. The number of rotatable bonds is 4. The van der Waals surface area contributed by atoms with E-state index in [4.69, 9.17) is 5.73 Å². The Morgan fingerprint density at radius 3 is 2.50 bits per heavy atom. The highest BCUT2D eigenvalue weighted by molar-refractivity contribution is 5.55. The van der Waals surface area contributed by atoms with Crippen LogP contribution in [-0.2, 0) is 6.54 Å². The number of ether oxygens (including phenoxy) is 1. The van der Waals surface area contributed by atoms with E-state index in [1.165, 1.54) is 35.3 Å². The molecule has 0 aliphatic carbocycles. The summed E-state index contributed by atoms with van der Waals surface area (Å²) in [4.78, 5) is 4.22. The Hall–Kier alpha value is -2.87. The van der Waals surface area contributed by atoms with Gasteiger partial charge in [-0.15, -0.1) is 18.3 Å². The number of nitrogens with two attached hydrogens (primary N) is 1. The van der Waals surface area contributed by atoms with E-state index in [1.54, 1.807) is 0 Å². The molecule has 2 aromatic carbocycles. The maximum absolute atomic E-state index is 12.2. The van der Waals surface area contributed by atoms with Gasteiger partial charge in [-0.3, -0.25) is 0 Å². The lowest BCUT2D eigenvalue weighted by atomic mass is 10.1. The van der Waals surface area contributed by atoms with Crippen LogP contribution in [0.15, 0.2) is 54.9 Å². The minimum atomic E-state index is -4.71. The topological polar surface area (TPSA) is 66.0 Å². The van der Waals surface area contributed by atoms with E-state index in [2.05, 4.69) is 14.8 Å². The van der Waals surface area contributed by atoms with Crippen molar-refractivity contribution in [2.24, 2.45) is 5.73 Å². The molecule has 5 nitrogen and oxygen atoms in total. The second kappa shape index (κ2) is 6.32. The number of aromatic nitrogens is 3. The first-order valence-electron chi connectivity index (χ1n) is 7.02. The van der Waals surface area contributed by atoms with Gasteiger partial charge in [0, 0.05) is 12.1 Å². The number of halogens is 3. The van der Waals surface area contributed by atoms with Gasteiger partial charge in [0.2, 0.25) is 0 Å². The molecule has 2 N–H and O–H groups in total. The molecule has 24 heavy (non-hydrogen) atoms. The Kier molecular flexibility index (Phi) is 4.22. The van der Waals surface area contributed by atoms with Crippen molar-refractivity contribution in [3.8, 4) is 22.8 Å². The fourth-order valence-corrected chi connectivity index (χ4v) is 2.16. The van der Waals surface area contributed by atoms with E-state index in [0.29, 0.717) is 18.1 Å². The van der Waals surface area contributed by atoms with Crippen LogP contribution >= 0.6 is 0 Å². The van der Waals surface area contributed by atoms with Crippen molar-refractivity contribution < 1.29 is 17.9 Å². The molecule has 0 unspecified atom stereocenters. The molecule has 0 saturated heterocycles. The molecule has 0 aliphatic heterocycles. The molecule has 0 aliphatic rings. The van der Waals surface area contributed by atoms with Crippen molar-refractivity contribution in [3.63, 3.8) is 0 Å². The minimum absolute atomic E-state index is 0.290. The van der Waals surface area contributed by atoms with Crippen LogP contribution in [0.2, 0.25) is 0 Å². The van der Waals surface area contributed by atoms with Crippen molar-refractivity contribution in [2.75, 3.05) is 0 Å². The quantitative estimate of drug-likeness (QED) is 0.795. The summed E-state index contributed by atoms with van der Waals surface area (Å²) in [6.45, 7) is 0.412. The largest absolute Gasteiger partial charge is 0.573 e. The zero-order valence-electron chi connectivity index (χ0n) is 12.4. The number of hydrogen-bond donors (Lipinski definition) is 1. The fraction of sp³-hybridized carbons (Fsp3) is 0.125. The zero-order valence-corrected chi connectivity index (χ0v) is 12.4. The van der Waals surface area contributed by atoms with E-state index in [0.717, 1.165) is 11.1 Å². The average Bonchev–Trinajstić information content (AvgIpc) is 3.04. The van der Waals surface area contributed by atoms with Crippen molar-refractivity contribution in [3.05, 3.63) is 60.4 Å². The minimum Gasteiger partial charge on any atom is -0.406 e. The maximum atomic E-state index is 12.2. The molecule has 8 heteroatoms. The van der Waals surface area contributed by atoms with Crippen LogP contribution in [0.3, 0.4) is 0 Å². The molecular weight excluding hydrogens is 321 g/mol. The van der Waals surface area contributed by atoms with Gasteiger partial charge in [-0.2, -0.15) is 0 Å². The number of hydrogen-bond acceptors (Lipinski definition) is 4. The van der Waals surface area contributed by atoms with Crippen molar-refractivity contribution >= 4 is 0 Å². The molecule has 0 saturated carbocycles. The van der Waals surface area contributed by atoms with Gasteiger partial charge in [0.1, 0.15) is 12.1 Å². The lowest BCUT2D eigenvalue weighted by molar-refractivity contribution is -0.274. The molecule has 0 amide bonds. The Bertz CT molecular complexity index is 828. The van der Waals surface area contributed by atoms with Crippen molar-refractivity contribution in [1.82, 2.24) is 14.8 Å². The van der Waals surface area contributed by atoms with Crippen molar-refractivity contribution in [2.45, 2.75) is 12.9 Å². The number of nitrogens with zero attached hydrogens (tertiary/aromatic N) is 3. The first kappa shape index (κ1) is 16.0. The van der Waals surface area contributed by atoms with E-state index in [-0.39, 0.29) is 5.75 Å². The average molecular weight is 334 g/mol. The summed E-state index contributed by atoms with van der Waals surface area (Å²) < 4.78 is 41.8. The number of benzene rings is 2. The molecule has 124 valence electrons. The number of alkyl halides is 3. The summed E-state index contributed by atoms with van der Waals surface area (Å²) in [5.74, 6) is 0.211. The predicted molar refractivity (Wildman–Crippen MR) is 81.4 cm³/mol. The molecule has 0 atom stereocenters. The van der Waals surface area contributed by atoms with Crippen LogP contribution in [0, 0.1) is 0 Å². The first-order valence-corrected chi connectivity index (χ1v) is 7.02. The third-order valence-corrected chi connectivity index (χ3v) is 3.25. The standard InChI is InChI=1S/C16H13F3N4O/c17-16(18,19)24-14-6-4-13(5-7-14)23-10-21-15(22-23)12-3-1-2-11(8-12)9-20/h1-8,10H,9,20H2. The lowest BCUT2D eigenvalue weighted by Gasteiger charge is -2.09. The van der Waals surface area contributed by atoms with E-state index < -0.39 is 6.36 Å².